The lowest BCUT2D eigenvalue weighted by Gasteiger charge is -2.27. The molecule has 0 aliphatic rings. The largest absolute Gasteiger partial charge is 0.480 e. The Morgan fingerprint density at radius 3 is 1.59 bits per heavy atom. The van der Waals surface area contributed by atoms with Crippen molar-refractivity contribution in [2.75, 3.05) is 19.6 Å². The summed E-state index contributed by atoms with van der Waals surface area (Å²) in [7, 11) is 0. The molecule has 0 rings (SSSR count). The average molecular weight is 380 g/mol. The lowest BCUT2D eigenvalue weighted by Crippen LogP contribution is -2.36. The number of rotatable bonds is 20. The molecule has 0 radical (unpaired) electrons. The molecule has 0 saturated carbocycles. The van der Waals surface area contributed by atoms with Crippen LogP contribution in [0.5, 0.6) is 0 Å². The van der Waals surface area contributed by atoms with Gasteiger partial charge in [0.1, 0.15) is 0 Å². The number of carboxylic acids is 1. The van der Waals surface area contributed by atoms with Crippen LogP contribution in [0.2, 0.25) is 0 Å². The molecule has 0 spiro atoms. The molecule has 0 aromatic carbocycles. The van der Waals surface area contributed by atoms with Crippen LogP contribution in [0.1, 0.15) is 90.9 Å². The summed E-state index contributed by atoms with van der Waals surface area (Å²) in [5, 5.41) is 9.24. The first kappa shape index (κ1) is 25.9. The Hall–Kier alpha value is -1.09. The van der Waals surface area contributed by atoms with E-state index in [-0.39, 0.29) is 6.54 Å². The molecule has 0 saturated heterocycles. The van der Waals surface area contributed by atoms with E-state index in [1.807, 2.05) is 12.2 Å². The van der Waals surface area contributed by atoms with E-state index in [1.165, 1.54) is 64.2 Å². The van der Waals surface area contributed by atoms with Crippen molar-refractivity contribution in [1.82, 2.24) is 4.90 Å². The fraction of sp³-hybridized carbons (Fsp3) is 0.792. The van der Waals surface area contributed by atoms with Gasteiger partial charge in [0, 0.05) is 13.1 Å². The lowest BCUT2D eigenvalue weighted by molar-refractivity contribution is -0.138. The SMILES string of the molecule is C=CCCCCCCC(C)CN(CC(=O)O)CC(C)CCCCCCC=C. The predicted octanol–water partition coefficient (Wildman–Crippen LogP) is 6.70. The highest BCUT2D eigenvalue weighted by Gasteiger charge is 2.16. The standard InChI is InChI=1S/C24H45NO2/c1-5-7-9-11-13-15-17-22(3)19-25(21-24(26)27)20-23(4)18-16-14-12-10-8-6-2/h5-6,22-23H,1-2,7-21H2,3-4H3,(H,26,27). The minimum absolute atomic E-state index is 0.174. The van der Waals surface area contributed by atoms with E-state index in [0.29, 0.717) is 11.8 Å². The first-order valence-corrected chi connectivity index (χ1v) is 11.2. The second-order valence-corrected chi connectivity index (χ2v) is 8.36. The molecule has 2 atom stereocenters. The van der Waals surface area contributed by atoms with Gasteiger partial charge in [0.2, 0.25) is 0 Å². The topological polar surface area (TPSA) is 40.5 Å². The van der Waals surface area contributed by atoms with Crippen molar-refractivity contribution in [2.24, 2.45) is 11.8 Å². The molecule has 0 aromatic rings. The summed E-state index contributed by atoms with van der Waals surface area (Å²) in [5.41, 5.74) is 0. The lowest BCUT2D eigenvalue weighted by atomic mass is 9.99. The fourth-order valence-corrected chi connectivity index (χ4v) is 3.73. The quantitative estimate of drug-likeness (QED) is 0.189. The van der Waals surface area contributed by atoms with Crippen LogP contribution >= 0.6 is 0 Å². The number of unbranched alkanes of at least 4 members (excludes halogenated alkanes) is 8. The highest BCUT2D eigenvalue weighted by molar-refractivity contribution is 5.69. The number of carbonyl (C=O) groups is 1. The van der Waals surface area contributed by atoms with Crippen LogP contribution in [0.15, 0.2) is 25.3 Å². The molecule has 158 valence electrons. The molecule has 2 unspecified atom stereocenters. The molecule has 0 aliphatic carbocycles. The van der Waals surface area contributed by atoms with E-state index in [1.54, 1.807) is 0 Å². The Balaban J connectivity index is 4.04. The van der Waals surface area contributed by atoms with Crippen molar-refractivity contribution in [2.45, 2.75) is 90.9 Å². The van der Waals surface area contributed by atoms with E-state index < -0.39 is 5.97 Å². The first-order chi connectivity index (χ1) is 13.0. The van der Waals surface area contributed by atoms with Gasteiger partial charge in [0.05, 0.1) is 6.54 Å². The monoisotopic (exact) mass is 379 g/mol. The second-order valence-electron chi connectivity index (χ2n) is 8.36. The molecule has 3 heteroatoms. The third-order valence-electron chi connectivity index (χ3n) is 5.21. The first-order valence-electron chi connectivity index (χ1n) is 11.2. The van der Waals surface area contributed by atoms with Crippen molar-refractivity contribution in [3.05, 3.63) is 25.3 Å². The maximum absolute atomic E-state index is 11.2. The van der Waals surface area contributed by atoms with Crippen molar-refractivity contribution in [3.63, 3.8) is 0 Å². The molecular weight excluding hydrogens is 334 g/mol. The minimum Gasteiger partial charge on any atom is -0.480 e. The average Bonchev–Trinajstić information content (AvgIpc) is 2.60. The molecular formula is C24H45NO2. The summed E-state index contributed by atoms with van der Waals surface area (Å²) in [6.45, 7) is 14.0. The maximum atomic E-state index is 11.2. The van der Waals surface area contributed by atoms with Crippen LogP contribution < -0.4 is 0 Å². The molecule has 3 nitrogen and oxygen atoms in total. The molecule has 0 heterocycles. The zero-order valence-electron chi connectivity index (χ0n) is 18.1. The predicted molar refractivity (Wildman–Crippen MR) is 118 cm³/mol. The van der Waals surface area contributed by atoms with Crippen LogP contribution in [-0.4, -0.2) is 35.6 Å². The summed E-state index contributed by atoms with van der Waals surface area (Å²) in [4.78, 5) is 13.4. The Bertz CT molecular complexity index is 353. The van der Waals surface area contributed by atoms with Gasteiger partial charge in [0.15, 0.2) is 0 Å². The normalized spacial score (nSPS) is 13.4. The number of nitrogens with zero attached hydrogens (tertiary/aromatic N) is 1. The van der Waals surface area contributed by atoms with Gasteiger partial charge in [-0.05, 0) is 50.4 Å². The molecule has 0 fully saturated rings. The number of carboxylic acid groups (broad SMARTS) is 1. The summed E-state index contributed by atoms with van der Waals surface area (Å²) in [5.74, 6) is 0.424. The second kappa shape index (κ2) is 18.3. The van der Waals surface area contributed by atoms with E-state index in [0.717, 1.165) is 25.9 Å². The summed E-state index contributed by atoms with van der Waals surface area (Å²) in [6, 6.07) is 0. The van der Waals surface area contributed by atoms with Crippen LogP contribution in [0.4, 0.5) is 0 Å². The van der Waals surface area contributed by atoms with Gasteiger partial charge in [-0.15, -0.1) is 13.2 Å². The minimum atomic E-state index is -0.705. The van der Waals surface area contributed by atoms with Gasteiger partial charge in [-0.25, -0.2) is 0 Å². The van der Waals surface area contributed by atoms with Crippen molar-refractivity contribution >= 4 is 5.97 Å². The Kier molecular flexibility index (Phi) is 17.5. The van der Waals surface area contributed by atoms with Crippen LogP contribution in [0, 0.1) is 11.8 Å². The van der Waals surface area contributed by atoms with Gasteiger partial charge in [0.25, 0.3) is 0 Å². The zero-order valence-corrected chi connectivity index (χ0v) is 18.1. The number of aliphatic carboxylic acids is 1. The molecule has 0 amide bonds. The number of hydrogen-bond donors (Lipinski definition) is 1. The highest BCUT2D eigenvalue weighted by atomic mass is 16.4. The molecule has 27 heavy (non-hydrogen) atoms. The summed E-state index contributed by atoms with van der Waals surface area (Å²) >= 11 is 0. The third kappa shape index (κ3) is 18.1. The molecule has 0 bridgehead atoms. The number of hydrogen-bond acceptors (Lipinski definition) is 2. The van der Waals surface area contributed by atoms with Gasteiger partial charge in [-0.1, -0.05) is 64.5 Å². The zero-order chi connectivity index (χ0) is 20.3. The van der Waals surface area contributed by atoms with E-state index in [4.69, 9.17) is 0 Å². The highest BCUT2D eigenvalue weighted by Crippen LogP contribution is 2.16. The Morgan fingerprint density at radius 2 is 1.22 bits per heavy atom. The molecule has 0 aromatic heterocycles. The van der Waals surface area contributed by atoms with Crippen molar-refractivity contribution < 1.29 is 9.90 Å². The fourth-order valence-electron chi connectivity index (χ4n) is 3.73. The van der Waals surface area contributed by atoms with E-state index in [2.05, 4.69) is 31.9 Å². The Morgan fingerprint density at radius 1 is 0.815 bits per heavy atom. The van der Waals surface area contributed by atoms with Crippen LogP contribution in [-0.2, 0) is 4.79 Å². The summed E-state index contributed by atoms with van der Waals surface area (Å²) in [6.07, 6.45) is 18.7. The summed E-state index contributed by atoms with van der Waals surface area (Å²) < 4.78 is 0. The van der Waals surface area contributed by atoms with Crippen LogP contribution in [0.3, 0.4) is 0 Å². The van der Waals surface area contributed by atoms with E-state index in [9.17, 15) is 9.90 Å². The molecule has 0 aliphatic heterocycles. The van der Waals surface area contributed by atoms with Crippen LogP contribution in [0.25, 0.3) is 0 Å². The van der Waals surface area contributed by atoms with Crippen molar-refractivity contribution in [3.8, 4) is 0 Å². The number of allylic oxidation sites excluding steroid dienone is 2. The van der Waals surface area contributed by atoms with Gasteiger partial charge >= 0.3 is 5.97 Å². The van der Waals surface area contributed by atoms with Crippen molar-refractivity contribution in [1.29, 1.82) is 0 Å². The van der Waals surface area contributed by atoms with Gasteiger partial charge in [-0.3, -0.25) is 9.69 Å². The smallest absolute Gasteiger partial charge is 0.317 e. The molecule has 1 N–H and O–H groups in total. The van der Waals surface area contributed by atoms with E-state index >= 15 is 0 Å². The van der Waals surface area contributed by atoms with Gasteiger partial charge in [-0.2, -0.15) is 0 Å². The maximum Gasteiger partial charge on any atom is 0.317 e. The Labute approximate surface area is 168 Å². The van der Waals surface area contributed by atoms with Gasteiger partial charge < -0.3 is 5.11 Å². The third-order valence-corrected chi connectivity index (χ3v) is 5.21.